The first-order chi connectivity index (χ1) is 14.2. The van der Waals surface area contributed by atoms with Crippen molar-refractivity contribution in [3.63, 3.8) is 0 Å². The van der Waals surface area contributed by atoms with Crippen LogP contribution in [0, 0.1) is 5.92 Å². The summed E-state index contributed by atoms with van der Waals surface area (Å²) in [4.78, 5) is 23.9. The van der Waals surface area contributed by atoms with Crippen LogP contribution in [-0.4, -0.2) is 23.6 Å². The zero-order valence-corrected chi connectivity index (χ0v) is 18.9. The molecular formula is C25H34O5. The Balaban J connectivity index is 2.12. The average molecular weight is 415 g/mol. The van der Waals surface area contributed by atoms with Crippen LogP contribution in [0.25, 0.3) is 0 Å². The van der Waals surface area contributed by atoms with Gasteiger partial charge in [0.15, 0.2) is 0 Å². The van der Waals surface area contributed by atoms with Gasteiger partial charge < -0.3 is 14.2 Å². The lowest BCUT2D eigenvalue weighted by atomic mass is 9.69. The zero-order chi connectivity index (χ0) is 22.1. The van der Waals surface area contributed by atoms with E-state index in [1.807, 2.05) is 19.1 Å². The van der Waals surface area contributed by atoms with Crippen molar-refractivity contribution in [3.8, 4) is 11.5 Å². The van der Waals surface area contributed by atoms with Gasteiger partial charge in [0.2, 0.25) is 0 Å². The summed E-state index contributed by atoms with van der Waals surface area (Å²) in [5, 5.41) is 0. The van der Waals surface area contributed by atoms with E-state index in [-0.39, 0.29) is 23.5 Å². The maximum absolute atomic E-state index is 11.9. The van der Waals surface area contributed by atoms with E-state index in [2.05, 4.69) is 20.4 Å². The maximum Gasteiger partial charge on any atom is 0.308 e. The number of hydrogen-bond donors (Lipinski definition) is 0. The standard InChI is InChI=1S/C25H34O5/c1-7-8-9-10-18-13-20(28-16(4)26)23(21(14-18)29-17(5)27)22-19(15(2)3)11-12-25(6)24(22)30-25/h13-14,19,22,24H,2,7-12H2,1,3-6H3/t19-,22+,24+,25-/m0/s1. The van der Waals surface area contributed by atoms with Gasteiger partial charge in [0.05, 0.1) is 11.7 Å². The van der Waals surface area contributed by atoms with Gasteiger partial charge >= 0.3 is 11.9 Å². The van der Waals surface area contributed by atoms with E-state index in [9.17, 15) is 9.59 Å². The first kappa shape index (κ1) is 22.5. The maximum atomic E-state index is 11.9. The van der Waals surface area contributed by atoms with Crippen LogP contribution in [0.2, 0.25) is 0 Å². The Labute approximate surface area is 179 Å². The topological polar surface area (TPSA) is 65.1 Å². The fourth-order valence-electron chi connectivity index (χ4n) is 4.83. The molecule has 0 amide bonds. The molecule has 1 heterocycles. The number of esters is 2. The summed E-state index contributed by atoms with van der Waals surface area (Å²) in [6.07, 6.45) is 5.98. The molecule has 1 aromatic rings. The van der Waals surface area contributed by atoms with E-state index >= 15 is 0 Å². The Bertz CT molecular complexity index is 805. The predicted octanol–water partition coefficient (Wildman–Crippen LogP) is 5.50. The van der Waals surface area contributed by atoms with Crippen molar-refractivity contribution in [3.05, 3.63) is 35.4 Å². The number of rotatable bonds is 8. The summed E-state index contributed by atoms with van der Waals surface area (Å²) >= 11 is 0. The van der Waals surface area contributed by atoms with Crippen molar-refractivity contribution in [2.45, 2.75) is 90.8 Å². The summed E-state index contributed by atoms with van der Waals surface area (Å²) in [5.41, 5.74) is 2.63. The number of carbonyl (C=O) groups is 2. The molecule has 0 radical (unpaired) electrons. The number of aryl methyl sites for hydroxylation is 1. The normalized spacial score (nSPS) is 27.2. The monoisotopic (exact) mass is 414 g/mol. The van der Waals surface area contributed by atoms with Crippen molar-refractivity contribution < 1.29 is 23.8 Å². The highest BCUT2D eigenvalue weighted by Crippen LogP contribution is 2.60. The van der Waals surface area contributed by atoms with Crippen molar-refractivity contribution in [2.24, 2.45) is 5.92 Å². The Morgan fingerprint density at radius 1 is 1.13 bits per heavy atom. The second-order valence-corrected chi connectivity index (χ2v) is 9.02. The molecular weight excluding hydrogens is 380 g/mol. The first-order valence-corrected chi connectivity index (χ1v) is 11.0. The molecule has 5 heteroatoms. The molecule has 1 aliphatic carbocycles. The molecule has 5 nitrogen and oxygen atoms in total. The van der Waals surface area contributed by atoms with Gasteiger partial charge in [0.25, 0.3) is 0 Å². The van der Waals surface area contributed by atoms with Crippen molar-refractivity contribution in [1.82, 2.24) is 0 Å². The molecule has 1 aromatic carbocycles. The molecule has 3 rings (SSSR count). The minimum absolute atomic E-state index is 0.0116. The summed E-state index contributed by atoms with van der Waals surface area (Å²) < 4.78 is 17.5. The summed E-state index contributed by atoms with van der Waals surface area (Å²) in [7, 11) is 0. The van der Waals surface area contributed by atoms with Crippen LogP contribution in [0.15, 0.2) is 24.3 Å². The molecule has 2 fully saturated rings. The zero-order valence-electron chi connectivity index (χ0n) is 18.9. The number of allylic oxidation sites excluding steroid dienone is 1. The Hall–Kier alpha value is -2.14. The number of ether oxygens (including phenoxy) is 3. The Kier molecular flexibility index (Phi) is 6.71. The Morgan fingerprint density at radius 2 is 1.73 bits per heavy atom. The Morgan fingerprint density at radius 3 is 2.23 bits per heavy atom. The van der Waals surface area contributed by atoms with Gasteiger partial charge in [0.1, 0.15) is 11.5 Å². The van der Waals surface area contributed by atoms with Gasteiger partial charge in [-0.3, -0.25) is 9.59 Å². The van der Waals surface area contributed by atoms with Crippen LogP contribution in [-0.2, 0) is 20.7 Å². The van der Waals surface area contributed by atoms with Crippen LogP contribution in [0.3, 0.4) is 0 Å². The minimum Gasteiger partial charge on any atom is -0.426 e. The van der Waals surface area contributed by atoms with E-state index in [1.165, 1.54) is 13.8 Å². The molecule has 2 aliphatic rings. The highest BCUT2D eigenvalue weighted by Gasteiger charge is 2.62. The molecule has 0 N–H and O–H groups in total. The fourth-order valence-corrected chi connectivity index (χ4v) is 4.83. The molecule has 0 aromatic heterocycles. The fraction of sp³-hybridized carbons (Fsp3) is 0.600. The summed E-state index contributed by atoms with van der Waals surface area (Å²) in [6.45, 7) is 13.3. The van der Waals surface area contributed by atoms with Crippen LogP contribution in [0.5, 0.6) is 11.5 Å². The molecule has 4 atom stereocenters. The van der Waals surface area contributed by atoms with Crippen LogP contribution < -0.4 is 9.47 Å². The van der Waals surface area contributed by atoms with Gasteiger partial charge in [0, 0.05) is 25.3 Å². The second kappa shape index (κ2) is 8.93. The quantitative estimate of drug-likeness (QED) is 0.185. The van der Waals surface area contributed by atoms with E-state index in [0.29, 0.717) is 11.5 Å². The van der Waals surface area contributed by atoms with Crippen molar-refractivity contribution >= 4 is 11.9 Å². The van der Waals surface area contributed by atoms with E-state index in [0.717, 1.165) is 55.2 Å². The highest BCUT2D eigenvalue weighted by molar-refractivity contribution is 5.73. The summed E-state index contributed by atoms with van der Waals surface area (Å²) in [6, 6.07) is 3.87. The van der Waals surface area contributed by atoms with Crippen LogP contribution >= 0.6 is 0 Å². The molecule has 1 saturated heterocycles. The van der Waals surface area contributed by atoms with Crippen LogP contribution in [0.1, 0.15) is 83.8 Å². The highest BCUT2D eigenvalue weighted by atomic mass is 16.6. The molecule has 0 unspecified atom stereocenters. The number of fused-ring (bicyclic) bond motifs is 1. The van der Waals surface area contributed by atoms with E-state index in [4.69, 9.17) is 14.2 Å². The van der Waals surface area contributed by atoms with Crippen molar-refractivity contribution in [1.29, 1.82) is 0 Å². The lowest BCUT2D eigenvalue weighted by Gasteiger charge is -2.34. The van der Waals surface area contributed by atoms with E-state index in [1.54, 1.807) is 0 Å². The SMILES string of the molecule is C=C(C)[C@@H]1CC[C@]2(C)O[C@@H]2[C@H]1c1c(OC(C)=O)cc(CCCCC)cc1OC(C)=O. The third-order valence-corrected chi connectivity index (χ3v) is 6.36. The first-order valence-electron chi connectivity index (χ1n) is 11.0. The predicted molar refractivity (Wildman–Crippen MR) is 116 cm³/mol. The third-order valence-electron chi connectivity index (χ3n) is 6.36. The number of carbonyl (C=O) groups excluding carboxylic acids is 2. The largest absolute Gasteiger partial charge is 0.426 e. The molecule has 164 valence electrons. The number of unbranched alkanes of at least 4 members (excludes halogenated alkanes) is 2. The van der Waals surface area contributed by atoms with Crippen molar-refractivity contribution in [2.75, 3.05) is 0 Å². The second-order valence-electron chi connectivity index (χ2n) is 9.02. The number of benzene rings is 1. The third kappa shape index (κ3) is 4.77. The van der Waals surface area contributed by atoms with Gasteiger partial charge in [-0.05, 0) is 63.1 Å². The molecule has 1 saturated carbocycles. The smallest absolute Gasteiger partial charge is 0.308 e. The van der Waals surface area contributed by atoms with E-state index < -0.39 is 11.9 Å². The molecule has 0 spiro atoms. The van der Waals surface area contributed by atoms with Gasteiger partial charge in [-0.25, -0.2) is 0 Å². The lowest BCUT2D eigenvalue weighted by Crippen LogP contribution is -2.31. The molecule has 30 heavy (non-hydrogen) atoms. The van der Waals surface area contributed by atoms with Crippen LogP contribution in [0.4, 0.5) is 0 Å². The lowest BCUT2D eigenvalue weighted by molar-refractivity contribution is -0.132. The minimum atomic E-state index is -0.391. The van der Waals surface area contributed by atoms with Gasteiger partial charge in [-0.15, -0.1) is 0 Å². The summed E-state index contributed by atoms with van der Waals surface area (Å²) in [5.74, 6) is 0.262. The van der Waals surface area contributed by atoms with Gasteiger partial charge in [-0.2, -0.15) is 0 Å². The number of hydrogen-bond acceptors (Lipinski definition) is 5. The number of epoxide rings is 1. The molecule has 0 bridgehead atoms. The average Bonchev–Trinajstić information content (AvgIpc) is 3.32. The van der Waals surface area contributed by atoms with Gasteiger partial charge in [-0.1, -0.05) is 31.9 Å². The molecule has 1 aliphatic heterocycles.